The second kappa shape index (κ2) is 7.75. The van der Waals surface area contributed by atoms with Gasteiger partial charge in [0.2, 0.25) is 5.95 Å². The number of nitrogens with zero attached hydrogens (tertiary/aromatic N) is 5. The maximum atomic E-state index is 13.1. The number of rotatable bonds is 5. The summed E-state index contributed by atoms with van der Waals surface area (Å²) in [6.07, 6.45) is 6.35. The first kappa shape index (κ1) is 17.5. The molecule has 1 N–H and O–H groups in total. The van der Waals surface area contributed by atoms with Gasteiger partial charge in [0.05, 0.1) is 0 Å². The second-order valence-corrected chi connectivity index (χ2v) is 5.93. The molecule has 0 bridgehead atoms. The van der Waals surface area contributed by atoms with Crippen LogP contribution >= 0.6 is 0 Å². The van der Waals surface area contributed by atoms with Crippen LogP contribution in [-0.4, -0.2) is 30.6 Å². The summed E-state index contributed by atoms with van der Waals surface area (Å²) in [6, 6.07) is 12.9. The number of nitrogens with one attached hydrogen (secondary N) is 1. The van der Waals surface area contributed by atoms with Crippen molar-refractivity contribution < 1.29 is 9.18 Å². The first-order valence-corrected chi connectivity index (χ1v) is 8.51. The Kier molecular flexibility index (Phi) is 4.83. The van der Waals surface area contributed by atoms with Gasteiger partial charge in [-0.1, -0.05) is 12.1 Å². The molecule has 0 atom stereocenters. The van der Waals surface area contributed by atoms with E-state index in [4.69, 9.17) is 0 Å². The Bertz CT molecular complexity index is 1080. The summed E-state index contributed by atoms with van der Waals surface area (Å²) in [5.74, 6) is 0.00685. The van der Waals surface area contributed by atoms with Crippen LogP contribution in [-0.2, 0) is 6.54 Å². The van der Waals surface area contributed by atoms with Crippen LogP contribution in [0.3, 0.4) is 0 Å². The molecule has 0 aliphatic rings. The largest absolute Gasteiger partial charge is 0.350 e. The molecule has 0 aliphatic heterocycles. The second-order valence-electron chi connectivity index (χ2n) is 5.93. The molecule has 0 spiro atoms. The quantitative estimate of drug-likeness (QED) is 0.577. The lowest BCUT2D eigenvalue weighted by atomic mass is 10.2. The fraction of sp³-hybridized carbons (Fsp3) is 0.0500. The number of hydrogen-bond acceptors (Lipinski definition) is 6. The Morgan fingerprint density at radius 1 is 1.00 bits per heavy atom. The molecule has 0 unspecified atom stereocenters. The van der Waals surface area contributed by atoms with Crippen molar-refractivity contribution in [1.82, 2.24) is 24.7 Å². The van der Waals surface area contributed by atoms with Gasteiger partial charge in [-0.25, -0.2) is 4.39 Å². The topological polar surface area (TPSA) is 85.6 Å². The fourth-order valence-electron chi connectivity index (χ4n) is 2.59. The lowest BCUT2D eigenvalue weighted by Gasteiger charge is -2.07. The van der Waals surface area contributed by atoms with Gasteiger partial charge in [0.25, 0.3) is 5.91 Å². The highest BCUT2D eigenvalue weighted by Gasteiger charge is 2.18. The number of benzene rings is 1. The maximum absolute atomic E-state index is 13.1. The van der Waals surface area contributed by atoms with Gasteiger partial charge >= 0.3 is 0 Å². The highest BCUT2D eigenvalue weighted by molar-refractivity contribution is 5.96. The normalized spacial score (nSPS) is 10.6. The lowest BCUT2D eigenvalue weighted by molar-refractivity contribution is 0.0947. The molecule has 3 heterocycles. The van der Waals surface area contributed by atoms with Crippen LogP contribution in [0.2, 0.25) is 0 Å². The van der Waals surface area contributed by atoms with Gasteiger partial charge in [-0.05, 0) is 42.0 Å². The number of anilines is 1. The van der Waals surface area contributed by atoms with Gasteiger partial charge < -0.3 is 5.32 Å². The van der Waals surface area contributed by atoms with Crippen LogP contribution in [0.4, 0.5) is 10.3 Å². The molecule has 0 amide bonds. The predicted octanol–water partition coefficient (Wildman–Crippen LogP) is 3.17. The number of carbonyl (C=O) groups excluding carboxylic acids is 1. The van der Waals surface area contributed by atoms with E-state index < -0.39 is 0 Å². The average Bonchev–Trinajstić information content (AvgIpc) is 3.18. The SMILES string of the molecule is O=C(c1ccncc1)n1nc(-c2cccnc2)nc1NCc1ccc(F)cc1. The molecule has 28 heavy (non-hydrogen) atoms. The Morgan fingerprint density at radius 2 is 1.79 bits per heavy atom. The summed E-state index contributed by atoms with van der Waals surface area (Å²) < 4.78 is 14.3. The molecule has 4 rings (SSSR count). The van der Waals surface area contributed by atoms with Gasteiger partial charge in [0.1, 0.15) is 5.82 Å². The van der Waals surface area contributed by atoms with Crippen LogP contribution in [0.5, 0.6) is 0 Å². The number of hydrogen-bond donors (Lipinski definition) is 1. The Morgan fingerprint density at radius 3 is 2.50 bits per heavy atom. The predicted molar refractivity (Wildman–Crippen MR) is 101 cm³/mol. The van der Waals surface area contributed by atoms with Crippen molar-refractivity contribution in [3.63, 3.8) is 0 Å². The van der Waals surface area contributed by atoms with Crippen molar-refractivity contribution in [2.45, 2.75) is 6.54 Å². The van der Waals surface area contributed by atoms with Crippen molar-refractivity contribution in [2.75, 3.05) is 5.32 Å². The minimum absolute atomic E-state index is 0.282. The minimum atomic E-state index is -0.341. The average molecular weight is 374 g/mol. The lowest BCUT2D eigenvalue weighted by Crippen LogP contribution is -2.17. The van der Waals surface area contributed by atoms with E-state index in [0.717, 1.165) is 5.56 Å². The Hall–Kier alpha value is -3.94. The third kappa shape index (κ3) is 3.75. The minimum Gasteiger partial charge on any atom is -0.350 e. The van der Waals surface area contributed by atoms with E-state index in [1.54, 1.807) is 42.7 Å². The van der Waals surface area contributed by atoms with E-state index in [2.05, 4.69) is 25.4 Å². The molecule has 0 aliphatic carbocycles. The van der Waals surface area contributed by atoms with Crippen LogP contribution in [0.25, 0.3) is 11.4 Å². The molecule has 3 aromatic heterocycles. The number of carbonyl (C=O) groups is 1. The van der Waals surface area contributed by atoms with E-state index in [1.165, 1.54) is 29.2 Å². The van der Waals surface area contributed by atoms with Crippen LogP contribution in [0.15, 0.2) is 73.3 Å². The Balaban J connectivity index is 1.67. The Labute approximate surface area is 159 Å². The van der Waals surface area contributed by atoms with Crippen molar-refractivity contribution >= 4 is 11.9 Å². The van der Waals surface area contributed by atoms with E-state index in [0.29, 0.717) is 23.5 Å². The molecular weight excluding hydrogens is 359 g/mol. The molecule has 0 radical (unpaired) electrons. The van der Waals surface area contributed by atoms with E-state index in [9.17, 15) is 9.18 Å². The number of aromatic nitrogens is 5. The summed E-state index contributed by atoms with van der Waals surface area (Å²) >= 11 is 0. The van der Waals surface area contributed by atoms with Crippen molar-refractivity contribution in [2.24, 2.45) is 0 Å². The first-order valence-electron chi connectivity index (χ1n) is 8.51. The highest BCUT2D eigenvalue weighted by Crippen LogP contribution is 2.18. The molecule has 8 heteroatoms. The van der Waals surface area contributed by atoms with Crippen molar-refractivity contribution in [3.05, 3.63) is 90.3 Å². The van der Waals surface area contributed by atoms with Gasteiger partial charge in [-0.3, -0.25) is 14.8 Å². The summed E-state index contributed by atoms with van der Waals surface area (Å²) in [7, 11) is 0. The fourth-order valence-corrected chi connectivity index (χ4v) is 2.59. The number of pyridine rings is 2. The summed E-state index contributed by atoms with van der Waals surface area (Å²) in [6.45, 7) is 0.356. The summed E-state index contributed by atoms with van der Waals surface area (Å²) in [5.41, 5.74) is 1.96. The van der Waals surface area contributed by atoms with E-state index in [1.807, 2.05) is 6.07 Å². The monoisotopic (exact) mass is 374 g/mol. The zero-order valence-electron chi connectivity index (χ0n) is 14.7. The molecular formula is C20H15FN6O. The van der Waals surface area contributed by atoms with E-state index in [-0.39, 0.29) is 17.7 Å². The number of halogens is 1. The molecule has 1 aromatic carbocycles. The molecule has 0 saturated heterocycles. The zero-order valence-corrected chi connectivity index (χ0v) is 14.7. The summed E-state index contributed by atoms with van der Waals surface area (Å²) in [5, 5.41) is 7.46. The van der Waals surface area contributed by atoms with Gasteiger partial charge in [-0.2, -0.15) is 9.67 Å². The molecule has 7 nitrogen and oxygen atoms in total. The first-order chi connectivity index (χ1) is 13.7. The van der Waals surface area contributed by atoms with Gasteiger partial charge in [0, 0.05) is 42.5 Å². The maximum Gasteiger partial charge on any atom is 0.281 e. The van der Waals surface area contributed by atoms with Crippen LogP contribution in [0.1, 0.15) is 15.9 Å². The zero-order chi connectivity index (χ0) is 19.3. The third-order valence-electron chi connectivity index (χ3n) is 4.01. The third-order valence-corrected chi connectivity index (χ3v) is 4.01. The molecule has 0 saturated carbocycles. The molecule has 0 fully saturated rings. The van der Waals surface area contributed by atoms with Crippen LogP contribution in [0, 0.1) is 5.82 Å². The standard InChI is InChI=1S/C20H15FN6O/c21-17-5-3-14(4-6-17)12-24-20-25-18(16-2-1-9-23-13-16)26-27(20)19(28)15-7-10-22-11-8-15/h1-11,13H,12H2,(H,24,25,26). The van der Waals surface area contributed by atoms with Gasteiger partial charge in [-0.15, -0.1) is 5.10 Å². The molecule has 138 valence electrons. The van der Waals surface area contributed by atoms with Crippen LogP contribution < -0.4 is 5.32 Å². The molecule has 4 aromatic rings. The van der Waals surface area contributed by atoms with Crippen molar-refractivity contribution in [1.29, 1.82) is 0 Å². The highest BCUT2D eigenvalue weighted by atomic mass is 19.1. The summed E-state index contributed by atoms with van der Waals surface area (Å²) in [4.78, 5) is 25.3. The smallest absolute Gasteiger partial charge is 0.281 e. The van der Waals surface area contributed by atoms with Gasteiger partial charge in [0.15, 0.2) is 5.82 Å². The van der Waals surface area contributed by atoms with Crippen molar-refractivity contribution in [3.8, 4) is 11.4 Å². The van der Waals surface area contributed by atoms with E-state index >= 15 is 0 Å².